The SMILES string of the molecule is CN1CC[C@@H]2C[C@H](O)[C@H]3OC(=O)c4cc5c(cc4[C@H]3[C@@H]21)OCO5. The zero-order chi connectivity index (χ0) is 15.7. The van der Waals surface area contributed by atoms with Crippen LogP contribution in [0.3, 0.4) is 0 Å². The molecule has 2 fully saturated rings. The normalized spacial score (nSPS) is 37.8. The third-order valence-electron chi connectivity index (χ3n) is 5.86. The summed E-state index contributed by atoms with van der Waals surface area (Å²) in [6.07, 6.45) is 0.700. The number of ether oxygens (including phenoxy) is 3. The average molecular weight is 317 g/mol. The summed E-state index contributed by atoms with van der Waals surface area (Å²) < 4.78 is 16.5. The van der Waals surface area contributed by atoms with E-state index in [2.05, 4.69) is 11.9 Å². The minimum absolute atomic E-state index is 0.0153. The largest absolute Gasteiger partial charge is 0.455 e. The van der Waals surface area contributed by atoms with E-state index in [0.29, 0.717) is 29.4 Å². The Morgan fingerprint density at radius 3 is 2.87 bits per heavy atom. The first kappa shape index (κ1) is 13.6. The summed E-state index contributed by atoms with van der Waals surface area (Å²) in [6, 6.07) is 3.92. The van der Waals surface area contributed by atoms with Gasteiger partial charge in [-0.15, -0.1) is 0 Å². The van der Waals surface area contributed by atoms with E-state index >= 15 is 0 Å². The van der Waals surface area contributed by atoms with Crippen LogP contribution in [0.25, 0.3) is 0 Å². The van der Waals surface area contributed by atoms with Gasteiger partial charge in [0.1, 0.15) is 6.10 Å². The number of nitrogens with zero attached hydrogens (tertiary/aromatic N) is 1. The van der Waals surface area contributed by atoms with Crippen molar-refractivity contribution in [3.63, 3.8) is 0 Å². The molecular formula is C17H19NO5. The molecule has 23 heavy (non-hydrogen) atoms. The number of esters is 1. The molecule has 1 saturated carbocycles. The Labute approximate surface area is 133 Å². The highest BCUT2D eigenvalue weighted by Crippen LogP contribution is 2.50. The Balaban J connectivity index is 1.68. The van der Waals surface area contributed by atoms with Crippen molar-refractivity contribution in [2.24, 2.45) is 5.92 Å². The quantitative estimate of drug-likeness (QED) is 0.723. The Bertz CT molecular complexity index is 690. The number of aliphatic hydroxyl groups is 1. The topological polar surface area (TPSA) is 68.2 Å². The lowest BCUT2D eigenvalue weighted by Gasteiger charge is -2.47. The van der Waals surface area contributed by atoms with Gasteiger partial charge < -0.3 is 24.2 Å². The van der Waals surface area contributed by atoms with Crippen LogP contribution in [0, 0.1) is 5.92 Å². The molecule has 5 atom stereocenters. The van der Waals surface area contributed by atoms with Crippen LogP contribution in [-0.4, -0.2) is 54.6 Å². The molecule has 3 aliphatic heterocycles. The molecule has 122 valence electrons. The van der Waals surface area contributed by atoms with Crippen molar-refractivity contribution in [3.8, 4) is 11.5 Å². The molecule has 1 aromatic carbocycles. The number of aliphatic hydroxyl groups excluding tert-OH is 1. The van der Waals surface area contributed by atoms with Crippen LogP contribution in [-0.2, 0) is 4.74 Å². The highest BCUT2D eigenvalue weighted by molar-refractivity contribution is 5.94. The number of likely N-dealkylation sites (tertiary alicyclic amines) is 1. The number of hydrogen-bond acceptors (Lipinski definition) is 6. The van der Waals surface area contributed by atoms with Crippen molar-refractivity contribution in [1.29, 1.82) is 0 Å². The van der Waals surface area contributed by atoms with E-state index in [9.17, 15) is 9.90 Å². The molecule has 6 nitrogen and oxygen atoms in total. The van der Waals surface area contributed by atoms with Gasteiger partial charge in [0.05, 0.1) is 11.7 Å². The maximum atomic E-state index is 12.4. The second-order valence-corrected chi connectivity index (χ2v) is 7.01. The molecule has 1 saturated heterocycles. The van der Waals surface area contributed by atoms with Gasteiger partial charge in [0.2, 0.25) is 6.79 Å². The summed E-state index contributed by atoms with van der Waals surface area (Å²) in [5.74, 6) is 1.31. The van der Waals surface area contributed by atoms with Crippen LogP contribution >= 0.6 is 0 Å². The summed E-state index contributed by atoms with van der Waals surface area (Å²) in [7, 11) is 2.11. The Morgan fingerprint density at radius 1 is 1.26 bits per heavy atom. The average Bonchev–Trinajstić information content (AvgIpc) is 3.13. The van der Waals surface area contributed by atoms with Crippen molar-refractivity contribution in [3.05, 3.63) is 23.3 Å². The third-order valence-corrected chi connectivity index (χ3v) is 5.86. The van der Waals surface area contributed by atoms with Crippen LogP contribution in [0.1, 0.15) is 34.7 Å². The molecule has 1 aromatic rings. The molecule has 0 aromatic heterocycles. The van der Waals surface area contributed by atoms with Gasteiger partial charge in [-0.3, -0.25) is 0 Å². The number of carbonyl (C=O) groups excluding carboxylic acids is 1. The summed E-state index contributed by atoms with van der Waals surface area (Å²) in [5.41, 5.74) is 1.47. The predicted molar refractivity (Wildman–Crippen MR) is 79.7 cm³/mol. The van der Waals surface area contributed by atoms with Gasteiger partial charge in [-0.25, -0.2) is 4.79 Å². The maximum Gasteiger partial charge on any atom is 0.338 e. The van der Waals surface area contributed by atoms with E-state index < -0.39 is 12.2 Å². The van der Waals surface area contributed by atoms with Crippen molar-refractivity contribution in [2.45, 2.75) is 37.0 Å². The number of fused-ring (bicyclic) bond motifs is 6. The van der Waals surface area contributed by atoms with Gasteiger partial charge in [-0.2, -0.15) is 0 Å². The molecular weight excluding hydrogens is 298 g/mol. The van der Waals surface area contributed by atoms with E-state index in [1.807, 2.05) is 6.07 Å². The fourth-order valence-corrected chi connectivity index (χ4v) is 4.86. The monoisotopic (exact) mass is 317 g/mol. The lowest BCUT2D eigenvalue weighted by atomic mass is 9.69. The smallest absolute Gasteiger partial charge is 0.338 e. The molecule has 6 heteroatoms. The minimum Gasteiger partial charge on any atom is -0.455 e. The molecule has 3 heterocycles. The van der Waals surface area contributed by atoms with Crippen molar-refractivity contribution < 1.29 is 24.1 Å². The van der Waals surface area contributed by atoms with Gasteiger partial charge >= 0.3 is 5.97 Å². The second-order valence-electron chi connectivity index (χ2n) is 7.01. The zero-order valence-electron chi connectivity index (χ0n) is 12.9. The molecule has 0 radical (unpaired) electrons. The number of hydrogen-bond donors (Lipinski definition) is 1. The maximum absolute atomic E-state index is 12.4. The molecule has 0 spiro atoms. The summed E-state index contributed by atoms with van der Waals surface area (Å²) in [5, 5.41) is 10.5. The standard InChI is InChI=1S/C17H19NO5/c1-18-3-2-8-4-11(19)16-14(15(8)18)9-5-12-13(22-7-21-12)6-10(9)17(20)23-16/h5-6,8,11,14-16,19H,2-4,7H2,1H3/t8-,11+,14+,15-,16-/m1/s1. The predicted octanol–water partition coefficient (Wildman–Crippen LogP) is 1.12. The van der Waals surface area contributed by atoms with Gasteiger partial charge in [-0.1, -0.05) is 0 Å². The first-order chi connectivity index (χ1) is 11.1. The summed E-state index contributed by atoms with van der Waals surface area (Å²) in [4.78, 5) is 14.8. The lowest BCUT2D eigenvalue weighted by molar-refractivity contribution is -0.0778. The molecule has 0 bridgehead atoms. The van der Waals surface area contributed by atoms with Crippen molar-refractivity contribution in [1.82, 2.24) is 4.90 Å². The number of benzene rings is 1. The van der Waals surface area contributed by atoms with Crippen LogP contribution in [0.5, 0.6) is 11.5 Å². The van der Waals surface area contributed by atoms with E-state index in [1.165, 1.54) is 0 Å². The molecule has 0 amide bonds. The van der Waals surface area contributed by atoms with E-state index in [4.69, 9.17) is 14.2 Å². The van der Waals surface area contributed by atoms with Crippen LogP contribution < -0.4 is 9.47 Å². The van der Waals surface area contributed by atoms with Crippen LogP contribution in [0.2, 0.25) is 0 Å². The number of rotatable bonds is 0. The van der Waals surface area contributed by atoms with E-state index in [1.54, 1.807) is 6.07 Å². The van der Waals surface area contributed by atoms with Gasteiger partial charge in [0, 0.05) is 12.0 Å². The summed E-state index contributed by atoms with van der Waals surface area (Å²) in [6.45, 7) is 1.19. The van der Waals surface area contributed by atoms with Crippen LogP contribution in [0.4, 0.5) is 0 Å². The second kappa shape index (κ2) is 4.61. The Kier molecular flexibility index (Phi) is 2.73. The van der Waals surface area contributed by atoms with Crippen LogP contribution in [0.15, 0.2) is 12.1 Å². The van der Waals surface area contributed by atoms with E-state index in [0.717, 1.165) is 18.5 Å². The highest BCUT2D eigenvalue weighted by atomic mass is 16.7. The molecule has 4 aliphatic rings. The van der Waals surface area contributed by atoms with Crippen molar-refractivity contribution >= 4 is 5.97 Å². The number of carbonyl (C=O) groups is 1. The fraction of sp³-hybridized carbons (Fsp3) is 0.588. The van der Waals surface area contributed by atoms with Gasteiger partial charge in [0.15, 0.2) is 11.5 Å². The first-order valence-corrected chi connectivity index (χ1v) is 8.16. The highest BCUT2D eigenvalue weighted by Gasteiger charge is 2.53. The third kappa shape index (κ3) is 1.79. The zero-order valence-corrected chi connectivity index (χ0v) is 12.9. The van der Waals surface area contributed by atoms with Crippen molar-refractivity contribution in [2.75, 3.05) is 20.4 Å². The molecule has 1 aliphatic carbocycles. The van der Waals surface area contributed by atoms with E-state index in [-0.39, 0.29) is 24.7 Å². The first-order valence-electron chi connectivity index (χ1n) is 8.16. The minimum atomic E-state index is -0.602. The molecule has 1 N–H and O–H groups in total. The molecule has 5 rings (SSSR count). The van der Waals surface area contributed by atoms with Gasteiger partial charge in [0.25, 0.3) is 0 Å². The molecule has 0 unspecified atom stereocenters. The number of likely N-dealkylation sites (N-methyl/N-ethyl adjacent to an activating group) is 1. The fourth-order valence-electron chi connectivity index (χ4n) is 4.86. The van der Waals surface area contributed by atoms with Gasteiger partial charge in [-0.05, 0) is 50.0 Å². The Morgan fingerprint density at radius 2 is 2.04 bits per heavy atom. The lowest BCUT2D eigenvalue weighted by Crippen LogP contribution is -2.54. The summed E-state index contributed by atoms with van der Waals surface area (Å²) >= 11 is 0. The Hall–Kier alpha value is -1.79.